The highest BCUT2D eigenvalue weighted by Crippen LogP contribution is 2.15. The van der Waals surface area contributed by atoms with Gasteiger partial charge in [0.2, 0.25) is 0 Å². The molecule has 0 saturated carbocycles. The lowest BCUT2D eigenvalue weighted by molar-refractivity contribution is 1.40. The minimum atomic E-state index is 0.455. The molecule has 0 aliphatic carbocycles. The predicted octanol–water partition coefficient (Wildman–Crippen LogP) is 2.88. The SMILES string of the molecule is ClCc1ccc[c]c1Cl. The topological polar surface area (TPSA) is 0 Å². The van der Waals surface area contributed by atoms with Crippen LogP contribution in [0.1, 0.15) is 5.56 Å². The first kappa shape index (κ1) is 6.91. The lowest BCUT2D eigenvalue weighted by Gasteiger charge is -1.94. The Labute approximate surface area is 64.4 Å². The van der Waals surface area contributed by atoms with Crippen LogP contribution in [0.4, 0.5) is 0 Å². The second kappa shape index (κ2) is 3.09. The van der Waals surface area contributed by atoms with E-state index in [1.54, 1.807) is 6.07 Å². The average molecular weight is 160 g/mol. The Kier molecular flexibility index (Phi) is 2.38. The molecule has 0 bridgehead atoms. The van der Waals surface area contributed by atoms with Gasteiger partial charge in [-0.15, -0.1) is 11.6 Å². The maximum atomic E-state index is 5.68. The third kappa shape index (κ3) is 1.60. The molecule has 0 aliphatic heterocycles. The molecular weight excluding hydrogens is 155 g/mol. The molecule has 47 valence electrons. The fraction of sp³-hybridized carbons (Fsp3) is 0.143. The molecule has 0 aliphatic rings. The van der Waals surface area contributed by atoms with Gasteiger partial charge in [-0.2, -0.15) is 0 Å². The van der Waals surface area contributed by atoms with E-state index in [1.165, 1.54) is 0 Å². The lowest BCUT2D eigenvalue weighted by Crippen LogP contribution is -1.76. The van der Waals surface area contributed by atoms with Crippen molar-refractivity contribution in [2.24, 2.45) is 0 Å². The zero-order valence-electron chi connectivity index (χ0n) is 4.70. The number of halogens is 2. The van der Waals surface area contributed by atoms with Gasteiger partial charge in [0.05, 0.1) is 5.02 Å². The average Bonchev–Trinajstić information content (AvgIpc) is 1.89. The number of rotatable bonds is 1. The minimum absolute atomic E-state index is 0.455. The monoisotopic (exact) mass is 159 g/mol. The molecule has 1 rings (SSSR count). The van der Waals surface area contributed by atoms with Crippen molar-refractivity contribution in [3.05, 3.63) is 34.9 Å². The molecule has 0 nitrogen and oxygen atoms in total. The van der Waals surface area contributed by atoms with Gasteiger partial charge in [0, 0.05) is 11.9 Å². The van der Waals surface area contributed by atoms with Gasteiger partial charge >= 0.3 is 0 Å². The molecule has 0 unspecified atom stereocenters. The lowest BCUT2D eigenvalue weighted by atomic mass is 10.2. The van der Waals surface area contributed by atoms with Crippen molar-refractivity contribution in [1.29, 1.82) is 0 Å². The summed E-state index contributed by atoms with van der Waals surface area (Å²) in [4.78, 5) is 0. The van der Waals surface area contributed by atoms with E-state index in [9.17, 15) is 0 Å². The Morgan fingerprint density at radius 3 is 2.78 bits per heavy atom. The van der Waals surface area contributed by atoms with Crippen molar-refractivity contribution in [2.75, 3.05) is 0 Å². The first-order valence-corrected chi connectivity index (χ1v) is 3.47. The molecule has 0 heterocycles. The van der Waals surface area contributed by atoms with Crippen molar-refractivity contribution in [3.63, 3.8) is 0 Å². The number of hydrogen-bond acceptors (Lipinski definition) is 0. The van der Waals surface area contributed by atoms with E-state index < -0.39 is 0 Å². The van der Waals surface area contributed by atoms with E-state index >= 15 is 0 Å². The van der Waals surface area contributed by atoms with Crippen LogP contribution in [0.5, 0.6) is 0 Å². The van der Waals surface area contributed by atoms with Gasteiger partial charge in [-0.1, -0.05) is 29.8 Å². The summed E-state index contributed by atoms with van der Waals surface area (Å²) in [5, 5.41) is 0.618. The van der Waals surface area contributed by atoms with Gasteiger partial charge in [0.15, 0.2) is 0 Å². The van der Waals surface area contributed by atoms with Crippen LogP contribution in [0, 0.1) is 6.07 Å². The second-order valence-electron chi connectivity index (χ2n) is 1.64. The summed E-state index contributed by atoms with van der Waals surface area (Å²) in [6, 6.07) is 8.34. The van der Waals surface area contributed by atoms with Crippen LogP contribution in [-0.4, -0.2) is 0 Å². The summed E-state index contributed by atoms with van der Waals surface area (Å²) < 4.78 is 0. The van der Waals surface area contributed by atoms with Crippen molar-refractivity contribution in [2.45, 2.75) is 5.88 Å². The first-order valence-electron chi connectivity index (χ1n) is 2.55. The Bertz CT molecular complexity index is 196. The fourth-order valence-electron chi connectivity index (χ4n) is 0.555. The Balaban J connectivity index is 3.01. The highest BCUT2D eigenvalue weighted by atomic mass is 35.5. The van der Waals surface area contributed by atoms with E-state index in [4.69, 9.17) is 23.2 Å². The number of alkyl halides is 1. The molecule has 0 atom stereocenters. The summed E-state index contributed by atoms with van der Waals surface area (Å²) in [5.41, 5.74) is 0.931. The molecule has 0 N–H and O–H groups in total. The van der Waals surface area contributed by atoms with E-state index in [-0.39, 0.29) is 0 Å². The van der Waals surface area contributed by atoms with Crippen LogP contribution in [0.15, 0.2) is 18.2 Å². The molecule has 0 amide bonds. The van der Waals surface area contributed by atoms with Gasteiger partial charge < -0.3 is 0 Å². The van der Waals surface area contributed by atoms with Crippen LogP contribution in [0.2, 0.25) is 5.02 Å². The summed E-state index contributed by atoms with van der Waals surface area (Å²) in [6.07, 6.45) is 0. The van der Waals surface area contributed by atoms with Crippen LogP contribution >= 0.6 is 23.2 Å². The van der Waals surface area contributed by atoms with Gasteiger partial charge in [-0.05, 0) is 5.56 Å². The third-order valence-electron chi connectivity index (χ3n) is 1.03. The predicted molar refractivity (Wildman–Crippen MR) is 39.8 cm³/mol. The normalized spacial score (nSPS) is 9.56. The minimum Gasteiger partial charge on any atom is -0.121 e. The van der Waals surface area contributed by atoms with Crippen molar-refractivity contribution < 1.29 is 0 Å². The largest absolute Gasteiger partial charge is 0.121 e. The van der Waals surface area contributed by atoms with Crippen LogP contribution < -0.4 is 0 Å². The summed E-state index contributed by atoms with van der Waals surface area (Å²) in [5.74, 6) is 0.455. The van der Waals surface area contributed by atoms with Crippen LogP contribution in [-0.2, 0) is 5.88 Å². The summed E-state index contributed by atoms with van der Waals surface area (Å²) >= 11 is 11.2. The van der Waals surface area contributed by atoms with E-state index in [1.807, 2.05) is 12.1 Å². The van der Waals surface area contributed by atoms with Crippen LogP contribution in [0.25, 0.3) is 0 Å². The highest BCUT2D eigenvalue weighted by Gasteiger charge is 1.93. The molecule has 1 aromatic rings. The zero-order chi connectivity index (χ0) is 6.69. The van der Waals surface area contributed by atoms with Crippen molar-refractivity contribution in [1.82, 2.24) is 0 Å². The summed E-state index contributed by atoms with van der Waals surface area (Å²) in [6.45, 7) is 0. The zero-order valence-corrected chi connectivity index (χ0v) is 6.21. The van der Waals surface area contributed by atoms with E-state index in [0.29, 0.717) is 10.9 Å². The molecule has 0 spiro atoms. The van der Waals surface area contributed by atoms with Gasteiger partial charge in [0.1, 0.15) is 0 Å². The second-order valence-corrected chi connectivity index (χ2v) is 2.29. The fourth-order valence-corrected chi connectivity index (χ4v) is 1.04. The van der Waals surface area contributed by atoms with Crippen molar-refractivity contribution in [3.8, 4) is 0 Å². The standard InChI is InChI=1S/C7H5Cl2/c8-5-6-3-1-2-4-7(6)9/h1-3H,5H2. The van der Waals surface area contributed by atoms with Crippen molar-refractivity contribution >= 4 is 23.2 Å². The third-order valence-corrected chi connectivity index (χ3v) is 1.67. The molecule has 9 heavy (non-hydrogen) atoms. The quantitative estimate of drug-likeness (QED) is 0.554. The molecule has 0 fully saturated rings. The maximum absolute atomic E-state index is 5.68. The van der Waals surface area contributed by atoms with Gasteiger partial charge in [-0.3, -0.25) is 0 Å². The number of hydrogen-bond donors (Lipinski definition) is 0. The Hall–Kier alpha value is -0.200. The van der Waals surface area contributed by atoms with Gasteiger partial charge in [-0.25, -0.2) is 0 Å². The van der Waals surface area contributed by atoms with Gasteiger partial charge in [0.25, 0.3) is 0 Å². The molecule has 1 aromatic carbocycles. The molecule has 0 saturated heterocycles. The molecule has 0 aromatic heterocycles. The molecule has 2 heteroatoms. The first-order chi connectivity index (χ1) is 4.34. The maximum Gasteiger partial charge on any atom is 0.0529 e. The summed E-state index contributed by atoms with van der Waals surface area (Å²) in [7, 11) is 0. The van der Waals surface area contributed by atoms with E-state index in [0.717, 1.165) is 5.56 Å². The number of benzene rings is 1. The molecule has 1 radical (unpaired) electrons. The highest BCUT2D eigenvalue weighted by molar-refractivity contribution is 6.32. The van der Waals surface area contributed by atoms with Crippen LogP contribution in [0.3, 0.4) is 0 Å². The molecular formula is C7H5Cl2. The van der Waals surface area contributed by atoms with E-state index in [2.05, 4.69) is 6.07 Å². The Morgan fingerprint density at radius 1 is 1.56 bits per heavy atom. The Morgan fingerprint density at radius 2 is 2.33 bits per heavy atom. The smallest absolute Gasteiger partial charge is 0.0529 e.